The number of carbonyl (C=O) groups excluding carboxylic acids is 4. The van der Waals surface area contributed by atoms with Gasteiger partial charge in [-0.25, -0.2) is 9.59 Å². The van der Waals surface area contributed by atoms with E-state index in [0.717, 1.165) is 0 Å². The van der Waals surface area contributed by atoms with Crippen LogP contribution in [-0.2, 0) is 19.1 Å². The largest absolute Gasteiger partial charge is 0.444 e. The standard InChI is InChI=1S/C18H35N5O6/c1-17(2,3)28-15(26)21-8-7-11(23-16(27)29-18(4,5)6)10-22-14(25)12(19)9-13(20)24/h11-12H,7-10,19H2,1-6H3,(H2,20,24)(H,21,26)(H,22,25)(H,23,27)/t11-,12-/m0/s1. The second-order valence-corrected chi connectivity index (χ2v) is 8.58. The summed E-state index contributed by atoms with van der Waals surface area (Å²) in [6.07, 6.45) is -1.28. The molecule has 0 rings (SSSR count). The minimum atomic E-state index is -1.09. The van der Waals surface area contributed by atoms with Gasteiger partial charge in [0.25, 0.3) is 0 Å². The van der Waals surface area contributed by atoms with Gasteiger partial charge in [-0.3, -0.25) is 9.59 Å². The van der Waals surface area contributed by atoms with E-state index in [2.05, 4.69) is 16.0 Å². The van der Waals surface area contributed by atoms with E-state index in [1.165, 1.54) is 0 Å². The van der Waals surface area contributed by atoms with Crippen LogP contribution in [0.1, 0.15) is 54.4 Å². The van der Waals surface area contributed by atoms with Crippen molar-refractivity contribution in [3.63, 3.8) is 0 Å². The van der Waals surface area contributed by atoms with Crippen LogP contribution < -0.4 is 27.4 Å². The summed E-state index contributed by atoms with van der Waals surface area (Å²) < 4.78 is 10.3. The lowest BCUT2D eigenvalue weighted by atomic mass is 10.1. The Labute approximate surface area is 171 Å². The van der Waals surface area contributed by atoms with Crippen LogP contribution in [0.4, 0.5) is 9.59 Å². The zero-order valence-electron chi connectivity index (χ0n) is 18.1. The third-order valence-corrected chi connectivity index (χ3v) is 3.16. The number of rotatable bonds is 9. The van der Waals surface area contributed by atoms with Gasteiger partial charge in [0.1, 0.15) is 11.2 Å². The Kier molecular flexibility index (Phi) is 10.4. The Balaban J connectivity index is 4.75. The van der Waals surface area contributed by atoms with Crippen molar-refractivity contribution in [3.05, 3.63) is 0 Å². The van der Waals surface area contributed by atoms with E-state index in [0.29, 0.717) is 0 Å². The molecule has 2 atom stereocenters. The van der Waals surface area contributed by atoms with Gasteiger partial charge in [-0.2, -0.15) is 0 Å². The van der Waals surface area contributed by atoms with E-state index in [1.807, 2.05) is 0 Å². The van der Waals surface area contributed by atoms with Crippen LogP contribution in [0.25, 0.3) is 0 Å². The average molecular weight is 418 g/mol. The molecule has 0 saturated carbocycles. The van der Waals surface area contributed by atoms with Gasteiger partial charge in [-0.05, 0) is 48.0 Å². The molecular weight excluding hydrogens is 382 g/mol. The molecule has 0 bridgehead atoms. The van der Waals surface area contributed by atoms with Crippen molar-refractivity contribution in [1.29, 1.82) is 0 Å². The Morgan fingerprint density at radius 3 is 1.90 bits per heavy atom. The first-order chi connectivity index (χ1) is 13.1. The molecule has 0 aromatic rings. The van der Waals surface area contributed by atoms with Crippen LogP contribution in [0.2, 0.25) is 0 Å². The van der Waals surface area contributed by atoms with Crippen molar-refractivity contribution in [2.45, 2.75) is 77.7 Å². The first-order valence-corrected chi connectivity index (χ1v) is 9.37. The van der Waals surface area contributed by atoms with Crippen LogP contribution in [0.3, 0.4) is 0 Å². The summed E-state index contributed by atoms with van der Waals surface area (Å²) in [5.41, 5.74) is 9.28. The molecule has 0 aliphatic rings. The van der Waals surface area contributed by atoms with Crippen molar-refractivity contribution >= 4 is 24.0 Å². The Hall–Kier alpha value is -2.56. The number of hydrogen-bond donors (Lipinski definition) is 5. The molecule has 0 heterocycles. The minimum Gasteiger partial charge on any atom is -0.444 e. The van der Waals surface area contributed by atoms with Crippen molar-refractivity contribution in [2.24, 2.45) is 11.5 Å². The molecule has 11 heteroatoms. The van der Waals surface area contributed by atoms with E-state index in [-0.39, 0.29) is 25.9 Å². The maximum atomic E-state index is 12.0. The molecule has 11 nitrogen and oxygen atoms in total. The topological polar surface area (TPSA) is 175 Å². The molecule has 29 heavy (non-hydrogen) atoms. The number of amides is 4. The summed E-state index contributed by atoms with van der Waals surface area (Å²) in [5.74, 6) is -1.28. The second-order valence-electron chi connectivity index (χ2n) is 8.58. The summed E-state index contributed by atoms with van der Waals surface area (Å²) in [5, 5.41) is 7.75. The molecule has 4 amide bonds. The quantitative estimate of drug-likeness (QED) is 0.354. The number of hydrogen-bond acceptors (Lipinski definition) is 7. The maximum Gasteiger partial charge on any atom is 0.407 e. The highest BCUT2D eigenvalue weighted by atomic mass is 16.6. The molecule has 0 aromatic carbocycles. The fourth-order valence-electron chi connectivity index (χ4n) is 2.03. The summed E-state index contributed by atoms with van der Waals surface area (Å²) in [6.45, 7) is 10.6. The van der Waals surface area contributed by atoms with Crippen LogP contribution in [0.15, 0.2) is 0 Å². The predicted octanol–water partition coefficient (Wildman–Crippen LogP) is 0.113. The normalized spacial score (nSPS) is 13.6. The van der Waals surface area contributed by atoms with Crippen LogP contribution in [-0.4, -0.2) is 60.4 Å². The van der Waals surface area contributed by atoms with Gasteiger partial charge >= 0.3 is 12.2 Å². The van der Waals surface area contributed by atoms with Gasteiger partial charge < -0.3 is 36.9 Å². The molecule has 0 fully saturated rings. The lowest BCUT2D eigenvalue weighted by molar-refractivity contribution is -0.126. The van der Waals surface area contributed by atoms with Gasteiger partial charge in [0.15, 0.2) is 0 Å². The smallest absolute Gasteiger partial charge is 0.407 e. The lowest BCUT2D eigenvalue weighted by Crippen LogP contribution is -2.50. The third-order valence-electron chi connectivity index (χ3n) is 3.16. The van der Waals surface area contributed by atoms with Crippen LogP contribution in [0, 0.1) is 0 Å². The highest BCUT2D eigenvalue weighted by Gasteiger charge is 2.22. The summed E-state index contributed by atoms with van der Waals surface area (Å²) in [7, 11) is 0. The number of nitrogens with two attached hydrogens (primary N) is 2. The lowest BCUT2D eigenvalue weighted by Gasteiger charge is -2.25. The van der Waals surface area contributed by atoms with Crippen molar-refractivity contribution < 1.29 is 28.7 Å². The van der Waals surface area contributed by atoms with Crippen LogP contribution in [0.5, 0.6) is 0 Å². The van der Waals surface area contributed by atoms with E-state index in [9.17, 15) is 19.2 Å². The molecule has 0 aliphatic heterocycles. The highest BCUT2D eigenvalue weighted by molar-refractivity contribution is 5.87. The first-order valence-electron chi connectivity index (χ1n) is 9.37. The predicted molar refractivity (Wildman–Crippen MR) is 107 cm³/mol. The molecule has 0 saturated heterocycles. The summed E-state index contributed by atoms with van der Waals surface area (Å²) in [4.78, 5) is 46.6. The van der Waals surface area contributed by atoms with Crippen molar-refractivity contribution in [2.75, 3.05) is 13.1 Å². The van der Waals surface area contributed by atoms with Crippen molar-refractivity contribution in [1.82, 2.24) is 16.0 Å². The number of carbonyl (C=O) groups is 4. The molecular formula is C18H35N5O6. The number of primary amides is 1. The summed E-state index contributed by atoms with van der Waals surface area (Å²) >= 11 is 0. The third kappa shape index (κ3) is 15.1. The zero-order chi connectivity index (χ0) is 22.8. The minimum absolute atomic E-state index is 0.0144. The van der Waals surface area contributed by atoms with E-state index in [1.54, 1.807) is 41.5 Å². The fourth-order valence-corrected chi connectivity index (χ4v) is 2.03. The second kappa shape index (κ2) is 11.4. The molecule has 7 N–H and O–H groups in total. The first kappa shape index (κ1) is 26.4. The van der Waals surface area contributed by atoms with Crippen molar-refractivity contribution in [3.8, 4) is 0 Å². The Morgan fingerprint density at radius 2 is 1.41 bits per heavy atom. The fraction of sp³-hybridized carbons (Fsp3) is 0.778. The SMILES string of the molecule is CC(C)(C)OC(=O)NCC[C@@H](CNC(=O)[C@@H](N)CC(N)=O)NC(=O)OC(C)(C)C. The van der Waals surface area contributed by atoms with Gasteiger partial charge in [-0.1, -0.05) is 0 Å². The molecule has 168 valence electrons. The number of ether oxygens (including phenoxy) is 2. The number of alkyl carbamates (subject to hydrolysis) is 2. The highest BCUT2D eigenvalue weighted by Crippen LogP contribution is 2.08. The molecule has 0 unspecified atom stereocenters. The number of nitrogens with one attached hydrogen (secondary N) is 3. The van der Waals surface area contributed by atoms with E-state index in [4.69, 9.17) is 20.9 Å². The van der Waals surface area contributed by atoms with Gasteiger partial charge in [-0.15, -0.1) is 0 Å². The van der Waals surface area contributed by atoms with Crippen LogP contribution >= 0.6 is 0 Å². The Morgan fingerprint density at radius 1 is 0.897 bits per heavy atom. The average Bonchev–Trinajstić information content (AvgIpc) is 2.47. The van der Waals surface area contributed by atoms with E-state index < -0.39 is 47.3 Å². The molecule has 0 radical (unpaired) electrons. The Bertz CT molecular complexity index is 582. The zero-order valence-corrected chi connectivity index (χ0v) is 18.1. The monoisotopic (exact) mass is 417 g/mol. The molecule has 0 aliphatic carbocycles. The van der Waals surface area contributed by atoms with Gasteiger partial charge in [0.2, 0.25) is 11.8 Å². The van der Waals surface area contributed by atoms with E-state index >= 15 is 0 Å². The molecule has 0 spiro atoms. The molecule has 0 aromatic heterocycles. The van der Waals surface area contributed by atoms with Gasteiger partial charge in [0.05, 0.1) is 18.5 Å². The maximum absolute atomic E-state index is 12.0. The van der Waals surface area contributed by atoms with Gasteiger partial charge in [0, 0.05) is 13.1 Å². The summed E-state index contributed by atoms with van der Waals surface area (Å²) in [6, 6.07) is -1.65.